The van der Waals surface area contributed by atoms with Gasteiger partial charge >= 0.3 is 17.9 Å². The molecule has 0 aromatic rings. The maximum atomic E-state index is 11.3. The summed E-state index contributed by atoms with van der Waals surface area (Å²) in [4.78, 5) is 34.4. The molecule has 0 fully saturated rings. The summed E-state index contributed by atoms with van der Waals surface area (Å²) < 4.78 is 10.6. The Balaban J connectivity index is 6.01. The molecule has 176 valence electrons. The molecule has 0 amide bonds. The number of carboxylic acid groups (broad SMARTS) is 3. The van der Waals surface area contributed by atoms with Crippen molar-refractivity contribution < 1.29 is 49.4 Å². The van der Waals surface area contributed by atoms with Crippen molar-refractivity contribution in [3.05, 3.63) is 0 Å². The number of carbonyl (C=O) groups is 3. The van der Waals surface area contributed by atoms with E-state index in [1.54, 1.807) is 0 Å². The average Bonchev–Trinajstić information content (AvgIpc) is 2.66. The first kappa shape index (κ1) is 28.1. The summed E-state index contributed by atoms with van der Waals surface area (Å²) in [6.45, 7) is -3.56. The molecule has 3 atom stereocenters. The van der Waals surface area contributed by atoms with Crippen LogP contribution in [0.5, 0.6) is 0 Å². The predicted molar refractivity (Wildman–Crippen MR) is 102 cm³/mol. The molecule has 0 aliphatic rings. The molecule has 0 aliphatic carbocycles. The van der Waals surface area contributed by atoms with Gasteiger partial charge < -0.3 is 46.5 Å². The molecular formula is C16H32N4O10. The number of ether oxygens (including phenoxy) is 2. The summed E-state index contributed by atoms with van der Waals surface area (Å²) in [5, 5.41) is 51.1. The topological polar surface area (TPSA) is 238 Å². The van der Waals surface area contributed by atoms with Crippen LogP contribution in [0.1, 0.15) is 0 Å². The minimum Gasteiger partial charge on any atom is -0.480 e. The molecule has 0 aromatic heterocycles. The minimum absolute atomic E-state index is 0.0168. The van der Waals surface area contributed by atoms with Gasteiger partial charge in [0, 0.05) is 13.1 Å². The number of hydrogen-bond donors (Lipinski definition) is 8. The van der Waals surface area contributed by atoms with Crippen LogP contribution in [-0.2, 0) is 23.9 Å². The van der Waals surface area contributed by atoms with Crippen LogP contribution in [-0.4, -0.2) is 132 Å². The van der Waals surface area contributed by atoms with Gasteiger partial charge in [0.05, 0.1) is 64.8 Å². The lowest BCUT2D eigenvalue weighted by Crippen LogP contribution is -2.69. The van der Waals surface area contributed by atoms with Crippen LogP contribution in [0.25, 0.3) is 0 Å². The van der Waals surface area contributed by atoms with Crippen LogP contribution in [0.2, 0.25) is 0 Å². The summed E-state index contributed by atoms with van der Waals surface area (Å²) in [6.07, 6.45) is 0. The van der Waals surface area contributed by atoms with Crippen LogP contribution in [0.4, 0.5) is 0 Å². The van der Waals surface area contributed by atoms with Gasteiger partial charge in [-0.25, -0.2) is 0 Å². The molecular weight excluding hydrogens is 408 g/mol. The number of nitrogens with two attached hydrogens (primary N) is 2. The average molecular weight is 440 g/mol. The lowest BCUT2D eigenvalue weighted by molar-refractivity contribution is -0.158. The second kappa shape index (κ2) is 15.0. The molecule has 10 N–H and O–H groups in total. The Morgan fingerprint density at radius 3 is 1.83 bits per heavy atom. The third-order valence-corrected chi connectivity index (χ3v) is 4.14. The number of carboxylic acids is 3. The Bertz CT molecular complexity index is 522. The summed E-state index contributed by atoms with van der Waals surface area (Å²) in [6, 6.07) is -2.60. The molecule has 0 heterocycles. The highest BCUT2D eigenvalue weighted by Gasteiger charge is 2.47. The number of aliphatic hydroxyl groups is 2. The van der Waals surface area contributed by atoms with Crippen molar-refractivity contribution in [2.45, 2.75) is 17.7 Å². The number of aliphatic hydroxyl groups excluding tert-OH is 1. The quantitative estimate of drug-likeness (QED) is 0.0884. The van der Waals surface area contributed by atoms with Crippen LogP contribution in [0.3, 0.4) is 0 Å². The van der Waals surface area contributed by atoms with E-state index in [9.17, 15) is 34.8 Å². The molecule has 14 heteroatoms. The fourth-order valence-electron chi connectivity index (χ4n) is 2.79. The minimum atomic E-state index is -2.25. The number of nitrogens with zero attached hydrogens (tertiary/aromatic N) is 1. The molecule has 3 unspecified atom stereocenters. The normalized spacial score (nSPS) is 15.5. The Kier molecular flexibility index (Phi) is 14.0. The summed E-state index contributed by atoms with van der Waals surface area (Å²) in [5.41, 5.74) is 8.48. The van der Waals surface area contributed by atoms with Crippen molar-refractivity contribution in [2.75, 3.05) is 65.8 Å². The maximum Gasteiger partial charge on any atom is 0.317 e. The monoisotopic (exact) mass is 440 g/mol. The van der Waals surface area contributed by atoms with Gasteiger partial charge in [0.2, 0.25) is 0 Å². The van der Waals surface area contributed by atoms with Gasteiger partial charge in [-0.1, -0.05) is 0 Å². The van der Waals surface area contributed by atoms with E-state index in [0.717, 1.165) is 4.90 Å². The molecule has 0 bridgehead atoms. The van der Waals surface area contributed by atoms with Gasteiger partial charge in [-0.05, 0) is 0 Å². The number of hydrogen-bond acceptors (Lipinski definition) is 11. The van der Waals surface area contributed by atoms with Crippen LogP contribution in [0, 0.1) is 0 Å². The van der Waals surface area contributed by atoms with E-state index in [-0.39, 0.29) is 32.9 Å². The third-order valence-electron chi connectivity index (χ3n) is 4.14. The van der Waals surface area contributed by atoms with E-state index in [4.69, 9.17) is 26.0 Å². The second-order valence-electron chi connectivity index (χ2n) is 6.41. The van der Waals surface area contributed by atoms with Gasteiger partial charge in [-0.15, -0.1) is 0 Å². The lowest BCUT2D eigenvalue weighted by Gasteiger charge is -2.45. The summed E-state index contributed by atoms with van der Waals surface area (Å²) in [5.74, 6) is -4.02. The highest BCUT2D eigenvalue weighted by atomic mass is 16.5. The van der Waals surface area contributed by atoms with E-state index < -0.39 is 68.4 Å². The number of nitrogens with one attached hydrogen (secondary N) is 1. The summed E-state index contributed by atoms with van der Waals surface area (Å²) >= 11 is 0. The standard InChI is InChI=1S/C16H32N4O10/c17-1-3-29-8-11(19-5-13(22)23)16(28,10-21)12(9-30-4-2-18)20(6-14(24)25)7-15(26)27/h11-12,19,21,28H,1-10,17-18H2,(H,22,23)(H,24,25)(H,26,27). The van der Waals surface area contributed by atoms with Crippen molar-refractivity contribution in [3.8, 4) is 0 Å². The predicted octanol–water partition coefficient (Wildman–Crippen LogP) is -4.46. The van der Waals surface area contributed by atoms with Gasteiger partial charge in [-0.3, -0.25) is 24.6 Å². The molecule has 0 spiro atoms. The Hall–Kier alpha value is -1.91. The van der Waals surface area contributed by atoms with E-state index in [1.807, 2.05) is 0 Å². The second-order valence-corrected chi connectivity index (χ2v) is 6.41. The molecule has 0 aromatic carbocycles. The van der Waals surface area contributed by atoms with E-state index in [1.165, 1.54) is 0 Å². The van der Waals surface area contributed by atoms with Crippen molar-refractivity contribution in [1.82, 2.24) is 10.2 Å². The molecule has 0 rings (SSSR count). The largest absolute Gasteiger partial charge is 0.480 e. The zero-order valence-corrected chi connectivity index (χ0v) is 16.6. The van der Waals surface area contributed by atoms with Gasteiger partial charge in [0.25, 0.3) is 0 Å². The molecule has 14 nitrogen and oxygen atoms in total. The van der Waals surface area contributed by atoms with E-state index in [0.29, 0.717) is 0 Å². The van der Waals surface area contributed by atoms with E-state index in [2.05, 4.69) is 5.32 Å². The zero-order chi connectivity index (χ0) is 23.2. The van der Waals surface area contributed by atoms with Crippen LogP contribution >= 0.6 is 0 Å². The van der Waals surface area contributed by atoms with Crippen molar-refractivity contribution in [3.63, 3.8) is 0 Å². The fraction of sp³-hybridized carbons (Fsp3) is 0.812. The van der Waals surface area contributed by atoms with Gasteiger partial charge in [0.15, 0.2) is 0 Å². The SMILES string of the molecule is NCCOCC(NCC(=O)O)C(O)(CO)C(COCCN)N(CC(=O)O)CC(=O)O. The molecule has 0 saturated carbocycles. The highest BCUT2D eigenvalue weighted by Crippen LogP contribution is 2.22. The number of aliphatic carboxylic acids is 3. The Labute approximate surface area is 173 Å². The Morgan fingerprint density at radius 1 is 0.933 bits per heavy atom. The number of rotatable bonds is 19. The van der Waals surface area contributed by atoms with Gasteiger partial charge in [0.1, 0.15) is 5.60 Å². The van der Waals surface area contributed by atoms with Gasteiger partial charge in [-0.2, -0.15) is 0 Å². The smallest absolute Gasteiger partial charge is 0.317 e. The lowest BCUT2D eigenvalue weighted by atomic mass is 9.85. The molecule has 0 saturated heterocycles. The molecule has 0 aliphatic heterocycles. The highest BCUT2D eigenvalue weighted by molar-refractivity contribution is 5.72. The molecule has 30 heavy (non-hydrogen) atoms. The molecule has 0 radical (unpaired) electrons. The van der Waals surface area contributed by atoms with Crippen LogP contribution in [0.15, 0.2) is 0 Å². The maximum absolute atomic E-state index is 11.3. The first-order valence-corrected chi connectivity index (χ1v) is 9.14. The Morgan fingerprint density at radius 2 is 1.43 bits per heavy atom. The van der Waals surface area contributed by atoms with Crippen molar-refractivity contribution in [1.29, 1.82) is 0 Å². The van der Waals surface area contributed by atoms with E-state index >= 15 is 0 Å². The third kappa shape index (κ3) is 10.2. The zero-order valence-electron chi connectivity index (χ0n) is 16.6. The fourth-order valence-corrected chi connectivity index (χ4v) is 2.79. The summed E-state index contributed by atoms with van der Waals surface area (Å²) in [7, 11) is 0. The van der Waals surface area contributed by atoms with Crippen molar-refractivity contribution >= 4 is 17.9 Å². The first-order chi connectivity index (χ1) is 14.1. The first-order valence-electron chi connectivity index (χ1n) is 9.14. The van der Waals surface area contributed by atoms with Crippen molar-refractivity contribution in [2.24, 2.45) is 11.5 Å². The van der Waals surface area contributed by atoms with Crippen LogP contribution < -0.4 is 16.8 Å².